The lowest BCUT2D eigenvalue weighted by Crippen LogP contribution is -2.03. The van der Waals surface area contributed by atoms with Gasteiger partial charge in [0.25, 0.3) is 5.69 Å². The third kappa shape index (κ3) is 2.87. The number of hydrogen-bond acceptors (Lipinski definition) is 5. The number of benzene rings is 1. The molecular formula is C12H11BrN4O2. The van der Waals surface area contributed by atoms with Gasteiger partial charge in [0.15, 0.2) is 5.82 Å². The third-order valence-electron chi connectivity index (χ3n) is 2.43. The third-order valence-corrected chi connectivity index (χ3v) is 3.01. The molecular weight excluding hydrogens is 312 g/mol. The molecule has 2 rings (SSSR count). The molecule has 0 saturated carbocycles. The number of rotatable bonds is 4. The van der Waals surface area contributed by atoms with E-state index in [4.69, 9.17) is 0 Å². The van der Waals surface area contributed by atoms with Crippen molar-refractivity contribution in [1.29, 1.82) is 0 Å². The number of anilines is 1. The van der Waals surface area contributed by atoms with Crippen LogP contribution in [-0.2, 0) is 0 Å². The molecule has 0 amide bonds. The van der Waals surface area contributed by atoms with E-state index in [1.807, 2.05) is 6.92 Å². The van der Waals surface area contributed by atoms with Crippen molar-refractivity contribution in [3.63, 3.8) is 0 Å². The zero-order chi connectivity index (χ0) is 13.8. The molecule has 0 fully saturated rings. The van der Waals surface area contributed by atoms with Gasteiger partial charge >= 0.3 is 0 Å². The highest BCUT2D eigenvalue weighted by atomic mass is 79.9. The summed E-state index contributed by atoms with van der Waals surface area (Å²) >= 11 is 3.33. The fraction of sp³-hybridized carbons (Fsp3) is 0.167. The van der Waals surface area contributed by atoms with Gasteiger partial charge in [-0.1, -0.05) is 12.1 Å². The van der Waals surface area contributed by atoms with E-state index in [9.17, 15) is 10.1 Å². The first kappa shape index (κ1) is 13.4. The Kier molecular flexibility index (Phi) is 4.06. The molecule has 7 heteroatoms. The van der Waals surface area contributed by atoms with Crippen LogP contribution < -0.4 is 5.32 Å². The largest absolute Gasteiger partial charge is 0.369 e. The molecule has 1 aromatic heterocycles. The number of nitro groups is 1. The summed E-state index contributed by atoms with van der Waals surface area (Å²) in [4.78, 5) is 19.0. The first-order valence-electron chi connectivity index (χ1n) is 5.63. The molecule has 0 saturated heterocycles. The van der Waals surface area contributed by atoms with E-state index in [1.165, 1.54) is 6.07 Å². The van der Waals surface area contributed by atoms with Crippen molar-refractivity contribution in [2.75, 3.05) is 11.9 Å². The standard InChI is InChI=1S/C12H11BrN4O2/c1-2-14-12-9(13)7-15-11(16-12)8-5-3-4-6-10(8)17(18)19/h3-7H,2H2,1H3,(H,14,15,16). The van der Waals surface area contributed by atoms with Crippen LogP contribution in [0.2, 0.25) is 0 Å². The minimum absolute atomic E-state index is 0.00716. The lowest BCUT2D eigenvalue weighted by molar-refractivity contribution is -0.384. The first-order valence-corrected chi connectivity index (χ1v) is 6.43. The zero-order valence-electron chi connectivity index (χ0n) is 10.1. The smallest absolute Gasteiger partial charge is 0.280 e. The van der Waals surface area contributed by atoms with E-state index in [0.717, 1.165) is 4.47 Å². The van der Waals surface area contributed by atoms with Crippen LogP contribution >= 0.6 is 15.9 Å². The lowest BCUT2D eigenvalue weighted by Gasteiger charge is -2.07. The molecule has 0 radical (unpaired) electrons. The Morgan fingerprint density at radius 1 is 1.42 bits per heavy atom. The van der Waals surface area contributed by atoms with E-state index in [2.05, 4.69) is 31.2 Å². The molecule has 0 aliphatic heterocycles. The van der Waals surface area contributed by atoms with Crippen molar-refractivity contribution >= 4 is 27.4 Å². The fourth-order valence-electron chi connectivity index (χ4n) is 1.61. The highest BCUT2D eigenvalue weighted by molar-refractivity contribution is 9.10. The van der Waals surface area contributed by atoms with Crippen molar-refractivity contribution in [2.45, 2.75) is 6.92 Å². The molecule has 19 heavy (non-hydrogen) atoms. The van der Waals surface area contributed by atoms with Crippen molar-refractivity contribution < 1.29 is 4.92 Å². The highest BCUT2D eigenvalue weighted by Crippen LogP contribution is 2.29. The van der Waals surface area contributed by atoms with Crippen LogP contribution in [0.5, 0.6) is 0 Å². The van der Waals surface area contributed by atoms with Crippen molar-refractivity contribution in [1.82, 2.24) is 9.97 Å². The SMILES string of the molecule is CCNc1nc(-c2ccccc2[N+](=O)[O-])ncc1Br. The minimum atomic E-state index is -0.437. The summed E-state index contributed by atoms with van der Waals surface area (Å²) in [7, 11) is 0. The Balaban J connectivity index is 2.53. The monoisotopic (exact) mass is 322 g/mol. The molecule has 0 atom stereocenters. The van der Waals surface area contributed by atoms with Crippen LogP contribution in [0.4, 0.5) is 11.5 Å². The number of nitrogens with one attached hydrogen (secondary N) is 1. The van der Waals surface area contributed by atoms with Gasteiger partial charge < -0.3 is 5.32 Å². The summed E-state index contributed by atoms with van der Waals surface area (Å²) < 4.78 is 0.719. The fourth-order valence-corrected chi connectivity index (χ4v) is 1.94. The van der Waals surface area contributed by atoms with E-state index < -0.39 is 4.92 Å². The Bertz CT molecular complexity index is 618. The second kappa shape index (κ2) is 5.75. The van der Waals surface area contributed by atoms with Gasteiger partial charge in [-0.2, -0.15) is 0 Å². The Morgan fingerprint density at radius 2 is 2.16 bits per heavy atom. The van der Waals surface area contributed by atoms with Gasteiger partial charge in [-0.25, -0.2) is 9.97 Å². The van der Waals surface area contributed by atoms with Crippen molar-refractivity contribution in [3.8, 4) is 11.4 Å². The normalized spacial score (nSPS) is 10.2. The Morgan fingerprint density at radius 3 is 2.84 bits per heavy atom. The van der Waals surface area contributed by atoms with Crippen LogP contribution in [0.3, 0.4) is 0 Å². The van der Waals surface area contributed by atoms with Crippen LogP contribution in [0.25, 0.3) is 11.4 Å². The maximum atomic E-state index is 11.0. The topological polar surface area (TPSA) is 81.0 Å². The number of nitro benzene ring substituents is 1. The van der Waals surface area contributed by atoms with Gasteiger partial charge in [-0.15, -0.1) is 0 Å². The second-order valence-corrected chi connectivity index (χ2v) is 4.55. The summed E-state index contributed by atoms with van der Waals surface area (Å²) in [5.74, 6) is 0.942. The summed E-state index contributed by atoms with van der Waals surface area (Å²) in [5.41, 5.74) is 0.395. The van der Waals surface area contributed by atoms with Gasteiger partial charge in [-0.3, -0.25) is 10.1 Å². The van der Waals surface area contributed by atoms with Gasteiger partial charge in [0, 0.05) is 18.8 Å². The predicted molar refractivity (Wildman–Crippen MR) is 76.0 cm³/mol. The Labute approximate surface area is 118 Å². The molecule has 98 valence electrons. The summed E-state index contributed by atoms with van der Waals surface area (Å²) in [6.45, 7) is 2.64. The molecule has 1 aromatic carbocycles. The highest BCUT2D eigenvalue weighted by Gasteiger charge is 2.17. The summed E-state index contributed by atoms with van der Waals surface area (Å²) in [6.07, 6.45) is 1.58. The molecule has 0 bridgehead atoms. The second-order valence-electron chi connectivity index (χ2n) is 3.69. The quantitative estimate of drug-likeness (QED) is 0.690. The van der Waals surface area contributed by atoms with Crippen LogP contribution in [0.15, 0.2) is 34.9 Å². The summed E-state index contributed by atoms with van der Waals surface area (Å²) in [6, 6.07) is 6.41. The molecule has 6 nitrogen and oxygen atoms in total. The number of hydrogen-bond donors (Lipinski definition) is 1. The van der Waals surface area contributed by atoms with E-state index in [-0.39, 0.29) is 5.69 Å². The first-order chi connectivity index (χ1) is 9.13. The average molecular weight is 323 g/mol. The maximum absolute atomic E-state index is 11.0. The van der Waals surface area contributed by atoms with E-state index in [0.29, 0.717) is 23.8 Å². The lowest BCUT2D eigenvalue weighted by atomic mass is 10.1. The van der Waals surface area contributed by atoms with Gasteiger partial charge in [0.2, 0.25) is 0 Å². The molecule has 0 unspecified atom stereocenters. The molecule has 0 spiro atoms. The van der Waals surface area contributed by atoms with E-state index >= 15 is 0 Å². The predicted octanol–water partition coefficient (Wildman–Crippen LogP) is 3.25. The minimum Gasteiger partial charge on any atom is -0.369 e. The Hall–Kier alpha value is -2.02. The van der Waals surface area contributed by atoms with E-state index in [1.54, 1.807) is 24.4 Å². The number of nitrogens with zero attached hydrogens (tertiary/aromatic N) is 3. The van der Waals surface area contributed by atoms with Gasteiger partial charge in [-0.05, 0) is 28.9 Å². The molecule has 1 heterocycles. The molecule has 0 aliphatic carbocycles. The van der Waals surface area contributed by atoms with Gasteiger partial charge in [0.1, 0.15) is 5.82 Å². The van der Waals surface area contributed by atoms with Crippen LogP contribution in [0, 0.1) is 10.1 Å². The zero-order valence-corrected chi connectivity index (χ0v) is 11.7. The maximum Gasteiger partial charge on any atom is 0.280 e. The number of halogens is 1. The summed E-state index contributed by atoms with van der Waals surface area (Å²) in [5, 5.41) is 14.1. The van der Waals surface area contributed by atoms with Crippen molar-refractivity contribution in [2.24, 2.45) is 0 Å². The van der Waals surface area contributed by atoms with Crippen LogP contribution in [-0.4, -0.2) is 21.4 Å². The molecule has 0 aliphatic rings. The molecule has 2 aromatic rings. The van der Waals surface area contributed by atoms with Crippen LogP contribution in [0.1, 0.15) is 6.92 Å². The van der Waals surface area contributed by atoms with Crippen molar-refractivity contribution in [3.05, 3.63) is 45.0 Å². The number of para-hydroxylation sites is 1. The number of aromatic nitrogens is 2. The average Bonchev–Trinajstić information content (AvgIpc) is 2.41. The van der Waals surface area contributed by atoms with Gasteiger partial charge in [0.05, 0.1) is 15.0 Å². The molecule has 1 N–H and O–H groups in total.